The zero-order valence-corrected chi connectivity index (χ0v) is 13.3. The number of para-hydroxylation sites is 1. The van der Waals surface area contributed by atoms with Crippen LogP contribution >= 0.6 is 11.8 Å². The van der Waals surface area contributed by atoms with Crippen LogP contribution in [0, 0.1) is 0 Å². The Labute approximate surface area is 134 Å². The van der Waals surface area contributed by atoms with E-state index in [1.807, 2.05) is 60.3 Å². The first-order valence-electron chi connectivity index (χ1n) is 7.35. The van der Waals surface area contributed by atoms with Gasteiger partial charge in [-0.05, 0) is 55.2 Å². The normalized spacial score (nSPS) is 11.0. The highest BCUT2D eigenvalue weighted by atomic mass is 32.2. The van der Waals surface area contributed by atoms with Crippen LogP contribution in [-0.4, -0.2) is 21.6 Å². The molecule has 0 spiro atoms. The van der Waals surface area contributed by atoms with Crippen molar-refractivity contribution in [1.29, 1.82) is 0 Å². The number of pyridine rings is 2. The first-order chi connectivity index (χ1) is 10.8. The molecule has 0 aliphatic carbocycles. The van der Waals surface area contributed by atoms with E-state index in [0.29, 0.717) is 5.65 Å². The molecule has 3 rings (SSSR count). The lowest BCUT2D eigenvalue weighted by Gasteiger charge is -2.12. The lowest BCUT2D eigenvalue weighted by atomic mass is 10.1. The Morgan fingerprint density at radius 2 is 1.95 bits per heavy atom. The van der Waals surface area contributed by atoms with Gasteiger partial charge in [0.15, 0.2) is 0 Å². The van der Waals surface area contributed by atoms with Gasteiger partial charge in [0.05, 0.1) is 5.69 Å². The number of hydrogen-bond donors (Lipinski definition) is 0. The van der Waals surface area contributed by atoms with E-state index in [1.165, 1.54) is 0 Å². The summed E-state index contributed by atoms with van der Waals surface area (Å²) < 4.78 is 1.73. The summed E-state index contributed by atoms with van der Waals surface area (Å²) in [5.74, 6) is 1.07. The van der Waals surface area contributed by atoms with E-state index in [4.69, 9.17) is 0 Å². The molecule has 22 heavy (non-hydrogen) atoms. The molecule has 0 amide bonds. The summed E-state index contributed by atoms with van der Waals surface area (Å²) in [7, 11) is 0. The van der Waals surface area contributed by atoms with Gasteiger partial charge in [0, 0.05) is 17.1 Å². The average Bonchev–Trinajstić information content (AvgIpc) is 2.56. The molecule has 0 aliphatic heterocycles. The van der Waals surface area contributed by atoms with Gasteiger partial charge < -0.3 is 0 Å². The van der Waals surface area contributed by atoms with Gasteiger partial charge >= 0.3 is 0 Å². The molecule has 0 unspecified atom stereocenters. The Balaban J connectivity index is 2.19. The summed E-state index contributed by atoms with van der Waals surface area (Å²) in [6.07, 6.45) is 5.63. The molecule has 0 radical (unpaired) electrons. The van der Waals surface area contributed by atoms with Crippen LogP contribution in [0.3, 0.4) is 0 Å². The number of hydrogen-bond acceptors (Lipinski definition) is 3. The number of benzene rings is 1. The van der Waals surface area contributed by atoms with Gasteiger partial charge in [0.2, 0.25) is 0 Å². The number of aryl methyl sites for hydroxylation is 1. The Kier molecular flexibility index (Phi) is 4.59. The Bertz CT molecular complexity index is 827. The van der Waals surface area contributed by atoms with Gasteiger partial charge in [-0.25, -0.2) is 4.98 Å². The second-order valence-corrected chi connectivity index (χ2v) is 6.14. The van der Waals surface area contributed by atoms with Crippen molar-refractivity contribution >= 4 is 22.8 Å². The lowest BCUT2D eigenvalue weighted by molar-refractivity contribution is 0.887. The van der Waals surface area contributed by atoms with E-state index in [9.17, 15) is 4.79 Å². The summed E-state index contributed by atoms with van der Waals surface area (Å²) in [5.41, 5.74) is 2.48. The smallest absolute Gasteiger partial charge is 0.259 e. The van der Waals surface area contributed by atoms with E-state index in [-0.39, 0.29) is 5.56 Å². The molecule has 0 fully saturated rings. The van der Waals surface area contributed by atoms with Gasteiger partial charge in [-0.2, -0.15) is 11.8 Å². The molecule has 0 saturated heterocycles. The first-order valence-corrected chi connectivity index (χ1v) is 8.74. The molecule has 0 saturated carbocycles. The van der Waals surface area contributed by atoms with E-state index in [1.54, 1.807) is 10.8 Å². The van der Waals surface area contributed by atoms with Crippen molar-refractivity contribution in [2.24, 2.45) is 0 Å². The van der Waals surface area contributed by atoms with Gasteiger partial charge in [-0.1, -0.05) is 18.2 Å². The van der Waals surface area contributed by atoms with Crippen LogP contribution in [0.25, 0.3) is 16.7 Å². The summed E-state index contributed by atoms with van der Waals surface area (Å²) in [6.45, 7) is 0. The highest BCUT2D eigenvalue weighted by molar-refractivity contribution is 7.98. The summed E-state index contributed by atoms with van der Waals surface area (Å²) in [6, 6.07) is 15.6. The maximum Gasteiger partial charge on any atom is 0.259 e. The molecule has 2 heterocycles. The van der Waals surface area contributed by atoms with Crippen molar-refractivity contribution in [3.63, 3.8) is 0 Å². The molecule has 0 atom stereocenters. The topological polar surface area (TPSA) is 34.9 Å². The Morgan fingerprint density at radius 3 is 2.73 bits per heavy atom. The largest absolute Gasteiger partial charge is 0.269 e. The van der Waals surface area contributed by atoms with Crippen molar-refractivity contribution in [2.45, 2.75) is 12.8 Å². The maximum absolute atomic E-state index is 12.9. The third-order valence-corrected chi connectivity index (χ3v) is 4.34. The quantitative estimate of drug-likeness (QED) is 0.674. The SMILES string of the molecule is CSCCCc1cc2cccnc2n(-c2ccccc2)c1=O. The molecular formula is C18H18N2OS. The van der Waals surface area contributed by atoms with Crippen LogP contribution in [0.2, 0.25) is 0 Å². The Hall–Kier alpha value is -2.07. The summed E-state index contributed by atoms with van der Waals surface area (Å²) >= 11 is 1.81. The molecule has 2 aromatic heterocycles. The molecule has 3 aromatic rings. The van der Waals surface area contributed by atoms with Crippen LogP contribution in [0.15, 0.2) is 59.5 Å². The van der Waals surface area contributed by atoms with Gasteiger partial charge in [0.1, 0.15) is 5.65 Å². The van der Waals surface area contributed by atoms with Crippen molar-refractivity contribution in [1.82, 2.24) is 9.55 Å². The van der Waals surface area contributed by atoms with Crippen molar-refractivity contribution in [3.05, 3.63) is 70.6 Å². The number of nitrogens with zero attached hydrogens (tertiary/aromatic N) is 2. The lowest BCUT2D eigenvalue weighted by Crippen LogP contribution is -2.23. The predicted octanol–water partition coefficient (Wildman–Crippen LogP) is 3.68. The fourth-order valence-electron chi connectivity index (χ4n) is 2.60. The minimum atomic E-state index is 0.0403. The van der Waals surface area contributed by atoms with E-state index in [2.05, 4.69) is 11.2 Å². The summed E-state index contributed by atoms with van der Waals surface area (Å²) in [5, 5.41) is 1.00. The molecule has 0 bridgehead atoms. The van der Waals surface area contributed by atoms with E-state index >= 15 is 0 Å². The zero-order chi connectivity index (χ0) is 15.4. The molecule has 112 valence electrons. The predicted molar refractivity (Wildman–Crippen MR) is 94.0 cm³/mol. The second kappa shape index (κ2) is 6.79. The van der Waals surface area contributed by atoms with Gasteiger partial charge in [-0.3, -0.25) is 9.36 Å². The first kappa shape index (κ1) is 14.9. The third kappa shape index (κ3) is 2.92. The van der Waals surface area contributed by atoms with Crippen LogP contribution in [0.1, 0.15) is 12.0 Å². The molecule has 0 N–H and O–H groups in total. The van der Waals surface area contributed by atoms with Gasteiger partial charge in [0.25, 0.3) is 5.56 Å². The van der Waals surface area contributed by atoms with Crippen molar-refractivity contribution in [2.75, 3.05) is 12.0 Å². The van der Waals surface area contributed by atoms with E-state index in [0.717, 1.165) is 35.2 Å². The maximum atomic E-state index is 12.9. The van der Waals surface area contributed by atoms with Crippen LogP contribution in [0.4, 0.5) is 0 Å². The standard InChI is InChI=1S/C18H18N2OS/c1-22-12-6-8-15-13-14-7-5-11-19-17(14)20(18(15)21)16-9-3-2-4-10-16/h2-5,7,9-11,13H,6,8,12H2,1H3. The highest BCUT2D eigenvalue weighted by Crippen LogP contribution is 2.16. The molecule has 4 heteroatoms. The minimum absolute atomic E-state index is 0.0403. The molecular weight excluding hydrogens is 292 g/mol. The summed E-state index contributed by atoms with van der Waals surface area (Å²) in [4.78, 5) is 17.3. The fourth-order valence-corrected chi connectivity index (χ4v) is 3.03. The molecule has 0 aliphatic rings. The number of rotatable bonds is 5. The van der Waals surface area contributed by atoms with E-state index < -0.39 is 0 Å². The molecule has 1 aromatic carbocycles. The number of thioether (sulfide) groups is 1. The van der Waals surface area contributed by atoms with Gasteiger partial charge in [-0.15, -0.1) is 0 Å². The number of fused-ring (bicyclic) bond motifs is 1. The van der Waals surface area contributed by atoms with Crippen LogP contribution < -0.4 is 5.56 Å². The molecule has 3 nitrogen and oxygen atoms in total. The number of aromatic nitrogens is 2. The van der Waals surface area contributed by atoms with Crippen LogP contribution in [-0.2, 0) is 6.42 Å². The van der Waals surface area contributed by atoms with Crippen molar-refractivity contribution < 1.29 is 0 Å². The highest BCUT2D eigenvalue weighted by Gasteiger charge is 2.11. The van der Waals surface area contributed by atoms with Crippen molar-refractivity contribution in [3.8, 4) is 5.69 Å². The second-order valence-electron chi connectivity index (χ2n) is 5.16. The monoisotopic (exact) mass is 310 g/mol. The third-order valence-electron chi connectivity index (χ3n) is 3.65. The zero-order valence-electron chi connectivity index (χ0n) is 12.5. The average molecular weight is 310 g/mol. The minimum Gasteiger partial charge on any atom is -0.269 e. The fraction of sp³-hybridized carbons (Fsp3) is 0.222. The Morgan fingerprint density at radius 1 is 1.14 bits per heavy atom. The van der Waals surface area contributed by atoms with Crippen LogP contribution in [0.5, 0.6) is 0 Å².